The van der Waals surface area contributed by atoms with Gasteiger partial charge in [0.2, 0.25) is 0 Å². The van der Waals surface area contributed by atoms with Crippen LogP contribution in [-0.2, 0) is 0 Å². The topological polar surface area (TPSA) is 53.8 Å². The fraction of sp³-hybridized carbons (Fsp3) is 0.571. The van der Waals surface area contributed by atoms with Crippen molar-refractivity contribution in [2.45, 2.75) is 12.1 Å². The van der Waals surface area contributed by atoms with Crippen molar-refractivity contribution in [1.29, 1.82) is 0 Å². The van der Waals surface area contributed by atoms with E-state index in [0.717, 1.165) is 25.2 Å². The largest absolute Gasteiger partial charge is 0.495 e. The molecule has 1 aromatic rings. The number of benzene rings is 1. The first-order valence-corrected chi connectivity index (χ1v) is 7.13. The first-order chi connectivity index (χ1) is 9.56. The molecule has 20 heavy (non-hydrogen) atoms. The number of nitrogens with two attached hydrogens (primary N) is 1. The van der Waals surface area contributed by atoms with Gasteiger partial charge in [0, 0.05) is 25.7 Å². The van der Waals surface area contributed by atoms with Crippen molar-refractivity contribution in [3.8, 4) is 5.75 Å². The number of halogens is 1. The van der Waals surface area contributed by atoms with Crippen molar-refractivity contribution < 1.29 is 4.74 Å². The highest BCUT2D eigenvalue weighted by molar-refractivity contribution is 6.32. The molecule has 6 heteroatoms. The van der Waals surface area contributed by atoms with E-state index in [1.165, 1.54) is 0 Å². The highest BCUT2D eigenvalue weighted by atomic mass is 35.5. The molecule has 1 aliphatic rings. The molecular formula is C14H23ClN4O. The smallest absolute Gasteiger partial charge is 0.137 e. The maximum Gasteiger partial charge on any atom is 0.137 e. The number of hydrogen-bond acceptors (Lipinski definition) is 5. The van der Waals surface area contributed by atoms with Crippen LogP contribution in [0.3, 0.4) is 0 Å². The van der Waals surface area contributed by atoms with Crippen LogP contribution in [0, 0.1) is 0 Å². The zero-order valence-corrected chi connectivity index (χ0v) is 13.0. The number of likely N-dealkylation sites (N-methyl/N-ethyl adjacent to an activating group) is 2. The highest BCUT2D eigenvalue weighted by Gasteiger charge is 2.30. The van der Waals surface area contributed by atoms with Crippen LogP contribution >= 0.6 is 11.6 Å². The van der Waals surface area contributed by atoms with Crippen LogP contribution in [-0.4, -0.2) is 56.7 Å². The number of hydrazine groups is 1. The molecule has 0 aliphatic carbocycles. The van der Waals surface area contributed by atoms with E-state index in [9.17, 15) is 0 Å². The molecule has 5 nitrogen and oxygen atoms in total. The number of nitrogens with zero attached hydrogens (tertiary/aromatic N) is 2. The van der Waals surface area contributed by atoms with Gasteiger partial charge in [0.15, 0.2) is 0 Å². The average molecular weight is 299 g/mol. The second-order valence-corrected chi connectivity index (χ2v) is 5.76. The van der Waals surface area contributed by atoms with Gasteiger partial charge in [-0.3, -0.25) is 16.2 Å². The quantitative estimate of drug-likeness (QED) is 0.644. The van der Waals surface area contributed by atoms with Crippen LogP contribution in [0.2, 0.25) is 5.02 Å². The summed E-state index contributed by atoms with van der Waals surface area (Å²) in [6.45, 7) is 3.08. The van der Waals surface area contributed by atoms with E-state index in [-0.39, 0.29) is 6.04 Å². The first kappa shape index (κ1) is 15.5. The Hall–Kier alpha value is -0.850. The number of hydrogen-bond donors (Lipinski definition) is 2. The minimum Gasteiger partial charge on any atom is -0.495 e. The van der Waals surface area contributed by atoms with Gasteiger partial charge in [-0.1, -0.05) is 17.7 Å². The lowest BCUT2D eigenvalue weighted by Crippen LogP contribution is -2.56. The first-order valence-electron chi connectivity index (χ1n) is 6.75. The fourth-order valence-corrected chi connectivity index (χ4v) is 2.90. The highest BCUT2D eigenvalue weighted by Crippen LogP contribution is 2.30. The van der Waals surface area contributed by atoms with Crippen LogP contribution in [0.4, 0.5) is 0 Å². The minimum atomic E-state index is 0.0360. The van der Waals surface area contributed by atoms with E-state index in [1.807, 2.05) is 18.2 Å². The van der Waals surface area contributed by atoms with Gasteiger partial charge in [-0.15, -0.1) is 0 Å². The van der Waals surface area contributed by atoms with Gasteiger partial charge in [-0.05, 0) is 31.8 Å². The summed E-state index contributed by atoms with van der Waals surface area (Å²) in [4.78, 5) is 4.66. The second-order valence-electron chi connectivity index (χ2n) is 5.35. The predicted molar refractivity (Wildman–Crippen MR) is 82.0 cm³/mol. The Morgan fingerprint density at radius 1 is 1.40 bits per heavy atom. The summed E-state index contributed by atoms with van der Waals surface area (Å²) in [5, 5.41) is 0.612. The number of ether oxygens (including phenoxy) is 1. The Kier molecular flexibility index (Phi) is 5.23. The third-order valence-electron chi connectivity index (χ3n) is 4.00. The van der Waals surface area contributed by atoms with Crippen molar-refractivity contribution in [3.63, 3.8) is 0 Å². The van der Waals surface area contributed by atoms with Crippen LogP contribution in [0.15, 0.2) is 18.2 Å². The number of rotatable bonds is 4. The molecule has 0 spiro atoms. The molecule has 112 valence electrons. The van der Waals surface area contributed by atoms with E-state index in [0.29, 0.717) is 16.8 Å². The van der Waals surface area contributed by atoms with Crippen molar-refractivity contribution in [1.82, 2.24) is 15.2 Å². The number of nitrogens with one attached hydrogen (secondary N) is 1. The van der Waals surface area contributed by atoms with E-state index < -0.39 is 0 Å². The lowest BCUT2D eigenvalue weighted by atomic mass is 9.96. The normalized spacial score (nSPS) is 22.8. The van der Waals surface area contributed by atoms with Gasteiger partial charge >= 0.3 is 0 Å². The molecular weight excluding hydrogens is 276 g/mol. The summed E-state index contributed by atoms with van der Waals surface area (Å²) < 4.78 is 5.29. The SMILES string of the molecule is COc1cc(C(NN)C2CN(C)CCN2C)ccc1Cl. The van der Waals surface area contributed by atoms with Crippen LogP contribution in [0.25, 0.3) is 0 Å². The summed E-state index contributed by atoms with van der Waals surface area (Å²) >= 11 is 6.09. The maximum atomic E-state index is 6.09. The molecule has 1 saturated heterocycles. The van der Waals surface area contributed by atoms with E-state index in [2.05, 4.69) is 29.3 Å². The fourth-order valence-electron chi connectivity index (χ4n) is 2.70. The van der Waals surface area contributed by atoms with E-state index >= 15 is 0 Å². The molecule has 2 atom stereocenters. The van der Waals surface area contributed by atoms with Gasteiger partial charge in [-0.25, -0.2) is 0 Å². The van der Waals surface area contributed by atoms with Crippen LogP contribution < -0.4 is 16.0 Å². The number of piperazine rings is 1. The van der Waals surface area contributed by atoms with Crippen molar-refractivity contribution in [2.75, 3.05) is 40.8 Å². The number of methoxy groups -OCH3 is 1. The zero-order valence-electron chi connectivity index (χ0n) is 12.3. The van der Waals surface area contributed by atoms with Crippen molar-refractivity contribution in [2.24, 2.45) is 5.84 Å². The Morgan fingerprint density at radius 3 is 2.80 bits per heavy atom. The van der Waals surface area contributed by atoms with Crippen LogP contribution in [0.1, 0.15) is 11.6 Å². The Balaban J connectivity index is 2.27. The molecule has 0 saturated carbocycles. The molecule has 2 rings (SSSR count). The summed E-state index contributed by atoms with van der Waals surface area (Å²) in [7, 11) is 5.89. The van der Waals surface area contributed by atoms with Gasteiger partial charge < -0.3 is 9.64 Å². The van der Waals surface area contributed by atoms with Gasteiger partial charge in [-0.2, -0.15) is 0 Å². The Morgan fingerprint density at radius 2 is 2.15 bits per heavy atom. The summed E-state index contributed by atoms with van der Waals surface area (Å²) in [6.07, 6.45) is 0. The average Bonchev–Trinajstić information content (AvgIpc) is 2.45. The minimum absolute atomic E-state index is 0.0360. The second kappa shape index (κ2) is 6.74. The molecule has 1 heterocycles. The monoisotopic (exact) mass is 298 g/mol. The molecule has 3 N–H and O–H groups in total. The third kappa shape index (κ3) is 3.24. The van der Waals surface area contributed by atoms with E-state index in [4.69, 9.17) is 22.2 Å². The predicted octanol–water partition coefficient (Wildman–Crippen LogP) is 1.10. The maximum absolute atomic E-state index is 6.09. The standard InChI is InChI=1S/C14H23ClN4O/c1-18-6-7-19(2)12(9-18)14(17-16)10-4-5-11(15)13(8-10)20-3/h4-5,8,12,14,17H,6-7,9,16H2,1-3H3. The molecule has 0 aromatic heterocycles. The molecule has 0 radical (unpaired) electrons. The molecule has 1 fully saturated rings. The van der Waals surface area contributed by atoms with Crippen molar-refractivity contribution >= 4 is 11.6 Å². The van der Waals surface area contributed by atoms with Gasteiger partial charge in [0.05, 0.1) is 18.2 Å². The summed E-state index contributed by atoms with van der Waals surface area (Å²) in [5.74, 6) is 6.48. The molecule has 2 unspecified atom stereocenters. The molecule has 1 aromatic carbocycles. The molecule has 1 aliphatic heterocycles. The van der Waals surface area contributed by atoms with E-state index in [1.54, 1.807) is 7.11 Å². The lowest BCUT2D eigenvalue weighted by molar-refractivity contribution is 0.0876. The lowest BCUT2D eigenvalue weighted by Gasteiger charge is -2.41. The summed E-state index contributed by atoms with van der Waals surface area (Å²) in [6, 6.07) is 6.15. The molecule has 0 amide bonds. The van der Waals surface area contributed by atoms with Crippen LogP contribution in [0.5, 0.6) is 5.75 Å². The zero-order chi connectivity index (χ0) is 14.7. The summed E-state index contributed by atoms with van der Waals surface area (Å²) in [5.41, 5.74) is 4.03. The Bertz CT molecular complexity index is 457. The van der Waals surface area contributed by atoms with Gasteiger partial charge in [0.25, 0.3) is 0 Å². The Labute approximate surface area is 125 Å². The molecule has 0 bridgehead atoms. The van der Waals surface area contributed by atoms with Crippen molar-refractivity contribution in [3.05, 3.63) is 28.8 Å². The third-order valence-corrected chi connectivity index (χ3v) is 4.31. The van der Waals surface area contributed by atoms with Gasteiger partial charge in [0.1, 0.15) is 5.75 Å².